The van der Waals surface area contributed by atoms with Crippen LogP contribution in [0.15, 0.2) is 24.3 Å². The number of rotatable bonds is 6. The first-order valence-electron chi connectivity index (χ1n) is 6.88. The standard InChI is InChI=1S/C15H23ClN2/c1-18(10-4-5-13-8-9-17-11-13)12-14-6-2-3-7-15(14)16/h2-3,6-7,13,17H,4-5,8-12H2,1H3. The Morgan fingerprint density at radius 1 is 1.39 bits per heavy atom. The van der Waals surface area contributed by atoms with E-state index < -0.39 is 0 Å². The summed E-state index contributed by atoms with van der Waals surface area (Å²) in [5.74, 6) is 0.902. The van der Waals surface area contributed by atoms with Crippen LogP contribution in [0.4, 0.5) is 0 Å². The third-order valence-electron chi connectivity index (χ3n) is 3.71. The highest BCUT2D eigenvalue weighted by Gasteiger charge is 2.14. The Bertz CT molecular complexity index is 361. The molecule has 0 radical (unpaired) electrons. The summed E-state index contributed by atoms with van der Waals surface area (Å²) in [5, 5.41) is 4.31. The maximum atomic E-state index is 6.17. The lowest BCUT2D eigenvalue weighted by molar-refractivity contribution is 0.308. The lowest BCUT2D eigenvalue weighted by Crippen LogP contribution is -2.20. The van der Waals surface area contributed by atoms with Gasteiger partial charge in [0, 0.05) is 11.6 Å². The predicted molar refractivity (Wildman–Crippen MR) is 78.0 cm³/mol. The Kier molecular flexibility index (Phi) is 5.48. The minimum atomic E-state index is 0.879. The van der Waals surface area contributed by atoms with E-state index in [-0.39, 0.29) is 0 Å². The predicted octanol–water partition coefficient (Wildman–Crippen LogP) is 3.16. The smallest absolute Gasteiger partial charge is 0.0451 e. The van der Waals surface area contributed by atoms with E-state index in [0.29, 0.717) is 0 Å². The van der Waals surface area contributed by atoms with Gasteiger partial charge >= 0.3 is 0 Å². The number of benzene rings is 1. The van der Waals surface area contributed by atoms with Crippen molar-refractivity contribution in [1.29, 1.82) is 0 Å². The van der Waals surface area contributed by atoms with E-state index in [2.05, 4.69) is 29.4 Å². The summed E-state index contributed by atoms with van der Waals surface area (Å²) in [7, 11) is 2.18. The first-order chi connectivity index (χ1) is 8.75. The number of nitrogens with one attached hydrogen (secondary N) is 1. The van der Waals surface area contributed by atoms with Crippen molar-refractivity contribution in [3.63, 3.8) is 0 Å². The summed E-state index contributed by atoms with van der Waals surface area (Å²) >= 11 is 6.17. The summed E-state index contributed by atoms with van der Waals surface area (Å²) in [5.41, 5.74) is 1.23. The summed E-state index contributed by atoms with van der Waals surface area (Å²) in [6.45, 7) is 4.53. The van der Waals surface area contributed by atoms with Gasteiger partial charge < -0.3 is 10.2 Å². The second-order valence-corrected chi connectivity index (χ2v) is 5.74. The molecular weight excluding hydrogens is 244 g/mol. The molecule has 1 N–H and O–H groups in total. The maximum absolute atomic E-state index is 6.17. The van der Waals surface area contributed by atoms with Crippen LogP contribution in [0.5, 0.6) is 0 Å². The Balaban J connectivity index is 1.68. The van der Waals surface area contributed by atoms with Crippen molar-refractivity contribution >= 4 is 11.6 Å². The van der Waals surface area contributed by atoms with Gasteiger partial charge in [0.2, 0.25) is 0 Å². The zero-order valence-electron chi connectivity index (χ0n) is 11.2. The van der Waals surface area contributed by atoms with Crippen molar-refractivity contribution in [2.75, 3.05) is 26.7 Å². The van der Waals surface area contributed by atoms with Gasteiger partial charge in [0.15, 0.2) is 0 Å². The molecule has 0 saturated carbocycles. The molecule has 1 aromatic carbocycles. The molecule has 0 aliphatic carbocycles. The van der Waals surface area contributed by atoms with Crippen LogP contribution in [0, 0.1) is 5.92 Å². The average molecular weight is 267 g/mol. The van der Waals surface area contributed by atoms with E-state index in [1.165, 1.54) is 37.9 Å². The van der Waals surface area contributed by atoms with E-state index in [0.717, 1.165) is 24.0 Å². The molecule has 1 aliphatic rings. The van der Waals surface area contributed by atoms with Crippen LogP contribution in [-0.4, -0.2) is 31.6 Å². The van der Waals surface area contributed by atoms with E-state index >= 15 is 0 Å². The van der Waals surface area contributed by atoms with Crippen LogP contribution in [-0.2, 0) is 6.54 Å². The first kappa shape index (κ1) is 13.9. The van der Waals surface area contributed by atoms with Gasteiger partial charge in [0.1, 0.15) is 0 Å². The van der Waals surface area contributed by atoms with Crippen molar-refractivity contribution in [1.82, 2.24) is 10.2 Å². The molecule has 0 aromatic heterocycles. The van der Waals surface area contributed by atoms with Crippen LogP contribution < -0.4 is 5.32 Å². The lowest BCUT2D eigenvalue weighted by atomic mass is 10.0. The molecule has 1 saturated heterocycles. The molecule has 0 spiro atoms. The number of halogens is 1. The molecule has 1 fully saturated rings. The molecule has 2 rings (SSSR count). The van der Waals surface area contributed by atoms with Gasteiger partial charge in [-0.1, -0.05) is 29.8 Å². The van der Waals surface area contributed by atoms with Gasteiger partial charge in [-0.3, -0.25) is 0 Å². The summed E-state index contributed by atoms with van der Waals surface area (Å²) in [4.78, 5) is 2.36. The zero-order valence-corrected chi connectivity index (χ0v) is 11.9. The van der Waals surface area contributed by atoms with Crippen LogP contribution in [0.25, 0.3) is 0 Å². The molecule has 1 atom stereocenters. The van der Waals surface area contributed by atoms with Crippen molar-refractivity contribution in [2.24, 2.45) is 5.92 Å². The van der Waals surface area contributed by atoms with Gasteiger partial charge in [-0.15, -0.1) is 0 Å². The molecule has 3 heteroatoms. The molecule has 0 bridgehead atoms. The van der Waals surface area contributed by atoms with E-state index in [9.17, 15) is 0 Å². The zero-order chi connectivity index (χ0) is 12.8. The third kappa shape index (κ3) is 4.27. The van der Waals surface area contributed by atoms with Gasteiger partial charge in [0.05, 0.1) is 0 Å². The van der Waals surface area contributed by atoms with Crippen molar-refractivity contribution in [3.05, 3.63) is 34.9 Å². The van der Waals surface area contributed by atoms with E-state index in [1.54, 1.807) is 0 Å². The van der Waals surface area contributed by atoms with Gasteiger partial charge in [-0.05, 0) is 63.5 Å². The SMILES string of the molecule is CN(CCCC1CCNC1)Cc1ccccc1Cl. The highest BCUT2D eigenvalue weighted by molar-refractivity contribution is 6.31. The summed E-state index contributed by atoms with van der Waals surface area (Å²) < 4.78 is 0. The van der Waals surface area contributed by atoms with E-state index in [1.807, 2.05) is 12.1 Å². The number of nitrogens with zero attached hydrogens (tertiary/aromatic N) is 1. The molecule has 1 aliphatic heterocycles. The fourth-order valence-corrected chi connectivity index (χ4v) is 2.80. The second-order valence-electron chi connectivity index (χ2n) is 5.33. The van der Waals surface area contributed by atoms with E-state index in [4.69, 9.17) is 11.6 Å². The minimum Gasteiger partial charge on any atom is -0.316 e. The average Bonchev–Trinajstić information content (AvgIpc) is 2.85. The third-order valence-corrected chi connectivity index (χ3v) is 4.08. The Morgan fingerprint density at radius 2 is 2.22 bits per heavy atom. The molecule has 1 aromatic rings. The molecule has 100 valence electrons. The van der Waals surface area contributed by atoms with Crippen LogP contribution >= 0.6 is 11.6 Å². The fraction of sp³-hybridized carbons (Fsp3) is 0.600. The summed E-state index contributed by atoms with van der Waals surface area (Å²) in [6.07, 6.45) is 3.99. The molecule has 2 nitrogen and oxygen atoms in total. The Hall–Kier alpha value is -0.570. The normalized spacial score (nSPS) is 19.6. The highest BCUT2D eigenvalue weighted by atomic mass is 35.5. The highest BCUT2D eigenvalue weighted by Crippen LogP contribution is 2.18. The molecule has 1 heterocycles. The first-order valence-corrected chi connectivity index (χ1v) is 7.26. The van der Waals surface area contributed by atoms with Crippen molar-refractivity contribution in [3.8, 4) is 0 Å². The number of hydrogen-bond acceptors (Lipinski definition) is 2. The Labute approximate surface area is 115 Å². The van der Waals surface area contributed by atoms with Crippen molar-refractivity contribution < 1.29 is 0 Å². The lowest BCUT2D eigenvalue weighted by Gasteiger charge is -2.18. The molecule has 0 amide bonds. The van der Waals surface area contributed by atoms with Crippen LogP contribution in [0.3, 0.4) is 0 Å². The monoisotopic (exact) mass is 266 g/mol. The maximum Gasteiger partial charge on any atom is 0.0451 e. The fourth-order valence-electron chi connectivity index (χ4n) is 2.61. The topological polar surface area (TPSA) is 15.3 Å². The van der Waals surface area contributed by atoms with Crippen LogP contribution in [0.2, 0.25) is 5.02 Å². The van der Waals surface area contributed by atoms with Crippen LogP contribution in [0.1, 0.15) is 24.8 Å². The largest absolute Gasteiger partial charge is 0.316 e. The van der Waals surface area contributed by atoms with Crippen molar-refractivity contribution in [2.45, 2.75) is 25.8 Å². The van der Waals surface area contributed by atoms with Gasteiger partial charge in [0.25, 0.3) is 0 Å². The molecule has 18 heavy (non-hydrogen) atoms. The van der Waals surface area contributed by atoms with Gasteiger partial charge in [-0.2, -0.15) is 0 Å². The quantitative estimate of drug-likeness (QED) is 0.851. The Morgan fingerprint density at radius 3 is 2.94 bits per heavy atom. The molecular formula is C15H23ClN2. The molecule has 1 unspecified atom stereocenters. The second kappa shape index (κ2) is 7.13. The minimum absolute atomic E-state index is 0.879. The number of hydrogen-bond donors (Lipinski definition) is 1. The van der Waals surface area contributed by atoms with Gasteiger partial charge in [-0.25, -0.2) is 0 Å². The summed E-state index contributed by atoms with van der Waals surface area (Å²) in [6, 6.07) is 8.12.